The van der Waals surface area contributed by atoms with Gasteiger partial charge in [-0.2, -0.15) is 8.78 Å². The van der Waals surface area contributed by atoms with Crippen LogP contribution in [0.4, 0.5) is 14.5 Å². The molecule has 3 atom stereocenters. The zero-order valence-corrected chi connectivity index (χ0v) is 12.6. The molecule has 122 valence electrons. The van der Waals surface area contributed by atoms with E-state index < -0.39 is 6.61 Å². The Morgan fingerprint density at radius 2 is 1.91 bits per heavy atom. The van der Waals surface area contributed by atoms with Gasteiger partial charge in [-0.05, 0) is 38.1 Å². The number of anilines is 1. The molecule has 22 heavy (non-hydrogen) atoms. The molecule has 1 saturated heterocycles. The monoisotopic (exact) mass is 315 g/mol. The fraction of sp³-hybridized carbons (Fsp3) is 0.533. The highest BCUT2D eigenvalue weighted by Gasteiger charge is 2.27. The first kappa shape index (κ1) is 16.6. The summed E-state index contributed by atoms with van der Waals surface area (Å²) in [4.78, 5) is 13.2. The third kappa shape index (κ3) is 5.23. The molecule has 1 amide bonds. The molecule has 0 radical (unpaired) electrons. The minimum absolute atomic E-state index is 0.0643. The molecule has 0 aliphatic carbocycles. The van der Waals surface area contributed by atoms with Gasteiger partial charge in [0.1, 0.15) is 31.0 Å². The van der Waals surface area contributed by atoms with Crippen molar-refractivity contribution in [1.82, 2.24) is 0 Å². The van der Waals surface area contributed by atoms with E-state index in [9.17, 15) is 13.6 Å². The molecule has 5 nitrogen and oxygen atoms in total. The van der Waals surface area contributed by atoms with E-state index in [0.29, 0.717) is 12.2 Å². The lowest BCUT2D eigenvalue weighted by molar-refractivity contribution is -0.907. The predicted octanol–water partition coefficient (Wildman–Crippen LogP) is 0.919. The van der Waals surface area contributed by atoms with Crippen LogP contribution in [0.15, 0.2) is 24.3 Å². The first-order valence-electron chi connectivity index (χ1n) is 7.26. The van der Waals surface area contributed by atoms with Crippen LogP contribution in [-0.4, -0.2) is 44.4 Å². The maximum Gasteiger partial charge on any atom is 0.387 e. The van der Waals surface area contributed by atoms with Gasteiger partial charge < -0.3 is 19.7 Å². The summed E-state index contributed by atoms with van der Waals surface area (Å²) in [7, 11) is 0. The average molecular weight is 315 g/mol. The normalized spacial score (nSPS) is 25.0. The summed E-state index contributed by atoms with van der Waals surface area (Å²) < 4.78 is 34.0. The summed E-state index contributed by atoms with van der Waals surface area (Å²) in [5, 5.41) is 2.76. The van der Waals surface area contributed by atoms with E-state index in [0.717, 1.165) is 13.1 Å². The second kappa shape index (κ2) is 7.51. The molecule has 1 fully saturated rings. The van der Waals surface area contributed by atoms with Crippen molar-refractivity contribution in [3.63, 3.8) is 0 Å². The summed E-state index contributed by atoms with van der Waals surface area (Å²) >= 11 is 0. The van der Waals surface area contributed by atoms with E-state index in [-0.39, 0.29) is 23.9 Å². The number of benzene rings is 1. The molecule has 1 aliphatic rings. The zero-order valence-electron chi connectivity index (χ0n) is 12.6. The highest BCUT2D eigenvalue weighted by atomic mass is 19.3. The fourth-order valence-electron chi connectivity index (χ4n) is 2.69. The second-order valence-corrected chi connectivity index (χ2v) is 5.54. The molecule has 1 aromatic carbocycles. The van der Waals surface area contributed by atoms with Crippen LogP contribution >= 0.6 is 0 Å². The molecule has 0 spiro atoms. The van der Waals surface area contributed by atoms with Crippen molar-refractivity contribution < 1.29 is 27.9 Å². The number of alkyl halides is 2. The summed E-state index contributed by atoms with van der Waals surface area (Å²) in [5.41, 5.74) is 0.556. The first-order chi connectivity index (χ1) is 10.4. The summed E-state index contributed by atoms with van der Waals surface area (Å²) in [6, 6.07) is 5.87. The Balaban J connectivity index is 1.84. The maximum absolute atomic E-state index is 12.0. The second-order valence-electron chi connectivity index (χ2n) is 5.54. The van der Waals surface area contributed by atoms with E-state index in [1.54, 1.807) is 0 Å². The smallest absolute Gasteiger partial charge is 0.387 e. The van der Waals surface area contributed by atoms with Crippen LogP contribution < -0.4 is 15.0 Å². The van der Waals surface area contributed by atoms with Crippen LogP contribution in [0.2, 0.25) is 0 Å². The van der Waals surface area contributed by atoms with Crippen LogP contribution in [-0.2, 0) is 9.53 Å². The largest absolute Gasteiger partial charge is 0.435 e. The number of quaternary nitrogens is 1. The highest BCUT2D eigenvalue weighted by molar-refractivity contribution is 5.91. The number of ether oxygens (including phenoxy) is 2. The molecular weight excluding hydrogens is 294 g/mol. The quantitative estimate of drug-likeness (QED) is 0.849. The number of carbonyl (C=O) groups excluding carboxylic acids is 1. The van der Waals surface area contributed by atoms with Gasteiger partial charge in [-0.3, -0.25) is 4.79 Å². The van der Waals surface area contributed by atoms with Gasteiger partial charge in [-0.15, -0.1) is 0 Å². The number of morpholine rings is 1. The van der Waals surface area contributed by atoms with Gasteiger partial charge in [0.05, 0.1) is 0 Å². The molecule has 1 aliphatic heterocycles. The third-order valence-corrected chi connectivity index (χ3v) is 3.39. The predicted molar refractivity (Wildman–Crippen MR) is 77.3 cm³/mol. The van der Waals surface area contributed by atoms with Gasteiger partial charge in [-0.25, -0.2) is 0 Å². The van der Waals surface area contributed by atoms with Crippen LogP contribution in [0.1, 0.15) is 13.8 Å². The van der Waals surface area contributed by atoms with Crippen LogP contribution in [0, 0.1) is 0 Å². The van der Waals surface area contributed by atoms with Gasteiger partial charge >= 0.3 is 6.61 Å². The minimum atomic E-state index is -2.85. The number of hydrogen-bond acceptors (Lipinski definition) is 3. The number of hydrogen-bond donors (Lipinski definition) is 2. The lowest BCUT2D eigenvalue weighted by Gasteiger charge is -2.31. The molecule has 1 heterocycles. The third-order valence-electron chi connectivity index (χ3n) is 3.39. The van der Waals surface area contributed by atoms with Crippen molar-refractivity contribution in [1.29, 1.82) is 0 Å². The van der Waals surface area contributed by atoms with Gasteiger partial charge in [-0.1, -0.05) is 0 Å². The van der Waals surface area contributed by atoms with Gasteiger partial charge in [0.15, 0.2) is 6.54 Å². The SMILES string of the molecule is C[C@@H]1C[NH+](CC(=O)Nc2ccc(OC(F)F)cc2)C[C@H](C)O1. The Bertz CT molecular complexity index is 486. The lowest BCUT2D eigenvalue weighted by Crippen LogP contribution is -3.16. The average Bonchev–Trinajstić information content (AvgIpc) is 2.39. The molecule has 1 aromatic rings. The molecule has 2 rings (SSSR count). The summed E-state index contributed by atoms with van der Waals surface area (Å²) in [6.07, 6.45) is 0.273. The van der Waals surface area contributed by atoms with Gasteiger partial charge in [0.25, 0.3) is 5.91 Å². The number of carbonyl (C=O) groups is 1. The van der Waals surface area contributed by atoms with Gasteiger partial charge in [0.2, 0.25) is 0 Å². The number of amides is 1. The zero-order chi connectivity index (χ0) is 16.1. The molecule has 0 aromatic heterocycles. The van der Waals surface area contributed by atoms with E-state index in [4.69, 9.17) is 4.74 Å². The van der Waals surface area contributed by atoms with Crippen molar-refractivity contribution in [3.05, 3.63) is 24.3 Å². The van der Waals surface area contributed by atoms with Crippen molar-refractivity contribution in [2.45, 2.75) is 32.7 Å². The maximum atomic E-state index is 12.0. The van der Waals surface area contributed by atoms with Crippen molar-refractivity contribution in [3.8, 4) is 5.75 Å². The number of nitrogens with one attached hydrogen (secondary N) is 2. The Kier molecular flexibility index (Phi) is 5.68. The van der Waals surface area contributed by atoms with Crippen LogP contribution in [0.25, 0.3) is 0 Å². The molecule has 0 bridgehead atoms. The number of rotatable bonds is 5. The Morgan fingerprint density at radius 3 is 2.45 bits per heavy atom. The molecule has 0 saturated carbocycles. The van der Waals surface area contributed by atoms with Crippen LogP contribution in [0.5, 0.6) is 5.75 Å². The van der Waals surface area contributed by atoms with Crippen LogP contribution in [0.3, 0.4) is 0 Å². The Hall–Kier alpha value is -1.73. The van der Waals surface area contributed by atoms with E-state index in [1.165, 1.54) is 29.2 Å². The topological polar surface area (TPSA) is 52.0 Å². The summed E-state index contributed by atoms with van der Waals surface area (Å²) in [6.45, 7) is 3.07. The summed E-state index contributed by atoms with van der Waals surface area (Å²) in [5.74, 6) is -0.0479. The highest BCUT2D eigenvalue weighted by Crippen LogP contribution is 2.17. The first-order valence-corrected chi connectivity index (χ1v) is 7.26. The van der Waals surface area contributed by atoms with E-state index in [1.807, 2.05) is 13.8 Å². The van der Waals surface area contributed by atoms with E-state index in [2.05, 4.69) is 10.1 Å². The lowest BCUT2D eigenvalue weighted by atomic mass is 10.2. The minimum Gasteiger partial charge on any atom is -0.435 e. The standard InChI is InChI=1S/C15H20F2N2O3/c1-10-7-19(8-11(2)21-10)9-14(20)18-12-3-5-13(6-4-12)22-15(16)17/h3-6,10-11,15H,7-9H2,1-2H3,(H,18,20)/p+1/t10-,11+. The van der Waals surface area contributed by atoms with Crippen molar-refractivity contribution >= 4 is 11.6 Å². The molecule has 7 heteroatoms. The molecule has 1 unspecified atom stereocenters. The molecule has 2 N–H and O–H groups in total. The number of halogens is 2. The van der Waals surface area contributed by atoms with Crippen molar-refractivity contribution in [2.75, 3.05) is 25.0 Å². The van der Waals surface area contributed by atoms with E-state index >= 15 is 0 Å². The molecular formula is C15H21F2N2O3+. The Morgan fingerprint density at radius 1 is 1.32 bits per heavy atom. The van der Waals surface area contributed by atoms with Gasteiger partial charge in [0, 0.05) is 5.69 Å². The fourth-order valence-corrected chi connectivity index (χ4v) is 2.69. The van der Waals surface area contributed by atoms with Crippen molar-refractivity contribution in [2.24, 2.45) is 0 Å². The Labute approximate surface area is 128 Å².